The number of nitrogens with zero attached hydrogens (tertiary/aromatic N) is 1. The van der Waals surface area contributed by atoms with E-state index in [1.54, 1.807) is 11.8 Å². The van der Waals surface area contributed by atoms with Crippen molar-refractivity contribution >= 4 is 18.0 Å². The van der Waals surface area contributed by atoms with Crippen LogP contribution in [-0.2, 0) is 14.3 Å². The van der Waals surface area contributed by atoms with Crippen molar-refractivity contribution in [1.82, 2.24) is 10.2 Å². The molecule has 1 fully saturated rings. The molecule has 0 radical (unpaired) electrons. The molecule has 186 valence electrons. The van der Waals surface area contributed by atoms with Crippen LogP contribution in [0, 0.1) is 5.41 Å². The van der Waals surface area contributed by atoms with Gasteiger partial charge in [0.15, 0.2) is 0 Å². The van der Waals surface area contributed by atoms with Crippen LogP contribution in [0.4, 0.5) is 4.79 Å². The molecule has 2 aromatic carbocycles. The molecular weight excluding hydrogens is 444 g/mol. The first kappa shape index (κ1) is 24.8. The van der Waals surface area contributed by atoms with Gasteiger partial charge in [0.2, 0.25) is 5.91 Å². The lowest BCUT2D eigenvalue weighted by Crippen LogP contribution is -2.47. The van der Waals surface area contributed by atoms with Gasteiger partial charge in [-0.2, -0.15) is 0 Å². The van der Waals surface area contributed by atoms with Gasteiger partial charge in [-0.05, 0) is 48.4 Å². The predicted molar refractivity (Wildman–Crippen MR) is 133 cm³/mol. The van der Waals surface area contributed by atoms with Crippen LogP contribution < -0.4 is 5.32 Å². The number of aliphatic carboxylic acids is 1. The summed E-state index contributed by atoms with van der Waals surface area (Å²) in [7, 11) is 0. The number of piperidine rings is 1. The Morgan fingerprint density at radius 2 is 1.63 bits per heavy atom. The molecule has 2 N–H and O–H groups in total. The highest BCUT2D eigenvalue weighted by Crippen LogP contribution is 2.44. The zero-order chi connectivity index (χ0) is 25.0. The third kappa shape index (κ3) is 5.34. The number of alkyl carbamates (subject to hydrolysis) is 1. The summed E-state index contributed by atoms with van der Waals surface area (Å²) in [6.45, 7) is 4.81. The van der Waals surface area contributed by atoms with Crippen molar-refractivity contribution in [3.8, 4) is 11.1 Å². The molecule has 2 aliphatic rings. The number of benzene rings is 2. The lowest BCUT2D eigenvalue weighted by molar-refractivity contribution is -0.153. The Labute approximate surface area is 206 Å². The number of carboxylic acid groups (broad SMARTS) is 1. The second-order valence-corrected chi connectivity index (χ2v) is 9.91. The van der Waals surface area contributed by atoms with Crippen molar-refractivity contribution in [2.45, 2.75) is 57.9 Å². The summed E-state index contributed by atoms with van der Waals surface area (Å²) in [5.41, 5.74) is 3.87. The molecule has 0 bridgehead atoms. The molecule has 4 rings (SSSR count). The first-order valence-corrected chi connectivity index (χ1v) is 12.4. The summed E-state index contributed by atoms with van der Waals surface area (Å²) in [6.07, 6.45) is 2.02. The summed E-state index contributed by atoms with van der Waals surface area (Å²) in [6, 6.07) is 16.1. The fourth-order valence-electron chi connectivity index (χ4n) is 5.18. The number of likely N-dealkylation sites (tertiary alicyclic amines) is 1. The molecule has 2 amide bonds. The molecule has 1 aliphatic carbocycles. The number of nitrogens with one attached hydrogen (secondary N) is 1. The Kier molecular flexibility index (Phi) is 7.43. The van der Waals surface area contributed by atoms with E-state index in [0.717, 1.165) is 17.5 Å². The molecule has 1 unspecified atom stereocenters. The molecule has 7 nitrogen and oxygen atoms in total. The number of carbonyl (C=O) groups excluding carboxylic acids is 2. The summed E-state index contributed by atoms with van der Waals surface area (Å²) >= 11 is 0. The zero-order valence-electron chi connectivity index (χ0n) is 20.5. The smallest absolute Gasteiger partial charge is 0.407 e. The van der Waals surface area contributed by atoms with Crippen molar-refractivity contribution in [2.24, 2.45) is 5.41 Å². The SMILES string of the molecule is CCCC(CC(=O)N1CCC(C)(C(=O)O)CC1)NC(=O)OCC1c2ccccc2-c2ccccc21. The van der Waals surface area contributed by atoms with E-state index in [1.165, 1.54) is 11.1 Å². The third-order valence-electron chi connectivity index (χ3n) is 7.46. The Morgan fingerprint density at radius 1 is 1.06 bits per heavy atom. The fraction of sp³-hybridized carbons (Fsp3) is 0.464. The maximum atomic E-state index is 12.9. The predicted octanol–water partition coefficient (Wildman–Crippen LogP) is 4.80. The Balaban J connectivity index is 1.33. The summed E-state index contributed by atoms with van der Waals surface area (Å²) in [4.78, 5) is 38.8. The average molecular weight is 479 g/mol. The van der Waals surface area contributed by atoms with Crippen molar-refractivity contribution in [2.75, 3.05) is 19.7 Å². The van der Waals surface area contributed by atoms with Gasteiger partial charge in [0, 0.05) is 31.5 Å². The highest BCUT2D eigenvalue weighted by Gasteiger charge is 2.38. The Morgan fingerprint density at radius 3 is 2.17 bits per heavy atom. The first-order valence-electron chi connectivity index (χ1n) is 12.4. The summed E-state index contributed by atoms with van der Waals surface area (Å²) in [5, 5.41) is 12.3. The molecule has 0 aromatic heterocycles. The van der Waals surface area contributed by atoms with Crippen molar-refractivity contribution in [3.63, 3.8) is 0 Å². The van der Waals surface area contributed by atoms with Gasteiger partial charge in [-0.1, -0.05) is 61.9 Å². The van der Waals surface area contributed by atoms with E-state index in [1.807, 2.05) is 31.2 Å². The van der Waals surface area contributed by atoms with E-state index in [-0.39, 0.29) is 30.9 Å². The Hall–Kier alpha value is -3.35. The maximum absolute atomic E-state index is 12.9. The molecule has 0 spiro atoms. The van der Waals surface area contributed by atoms with Crippen LogP contribution in [0.2, 0.25) is 0 Å². The van der Waals surface area contributed by atoms with E-state index >= 15 is 0 Å². The lowest BCUT2D eigenvalue weighted by atomic mass is 9.80. The second kappa shape index (κ2) is 10.5. The van der Waals surface area contributed by atoms with E-state index < -0.39 is 17.5 Å². The minimum atomic E-state index is -0.814. The standard InChI is InChI=1S/C28H34N2O5/c1-3-8-19(17-25(31)30-15-13-28(2,14-16-30)26(32)33)29-27(34)35-18-24-22-11-6-4-9-20(22)21-10-5-7-12-23(21)24/h4-7,9-12,19,24H,3,8,13-18H2,1-2H3,(H,29,34)(H,32,33). The highest BCUT2D eigenvalue weighted by molar-refractivity contribution is 5.80. The topological polar surface area (TPSA) is 95.9 Å². The highest BCUT2D eigenvalue weighted by atomic mass is 16.5. The molecule has 7 heteroatoms. The summed E-state index contributed by atoms with van der Waals surface area (Å²) in [5.74, 6) is -0.892. The van der Waals surface area contributed by atoms with Crippen molar-refractivity contribution in [1.29, 1.82) is 0 Å². The first-order chi connectivity index (χ1) is 16.8. The molecule has 35 heavy (non-hydrogen) atoms. The molecular formula is C28H34N2O5. The fourth-order valence-corrected chi connectivity index (χ4v) is 5.18. The number of amides is 2. The van der Waals surface area contributed by atoms with Gasteiger partial charge in [-0.15, -0.1) is 0 Å². The van der Waals surface area contributed by atoms with Crippen LogP contribution in [0.25, 0.3) is 11.1 Å². The van der Waals surface area contributed by atoms with Crippen molar-refractivity contribution in [3.05, 3.63) is 59.7 Å². The largest absolute Gasteiger partial charge is 0.481 e. The van der Waals surface area contributed by atoms with Crippen LogP contribution in [-0.4, -0.2) is 53.7 Å². The molecule has 1 heterocycles. The van der Waals surface area contributed by atoms with Crippen LogP contribution in [0.1, 0.15) is 63.0 Å². The van der Waals surface area contributed by atoms with Crippen LogP contribution in [0.5, 0.6) is 0 Å². The molecule has 1 saturated heterocycles. The van der Waals surface area contributed by atoms with Crippen LogP contribution in [0.3, 0.4) is 0 Å². The van der Waals surface area contributed by atoms with Crippen molar-refractivity contribution < 1.29 is 24.2 Å². The number of ether oxygens (including phenoxy) is 1. The number of hydrogen-bond donors (Lipinski definition) is 2. The van der Waals surface area contributed by atoms with E-state index in [9.17, 15) is 19.5 Å². The molecule has 1 atom stereocenters. The van der Waals surface area contributed by atoms with Gasteiger partial charge in [0.25, 0.3) is 0 Å². The van der Waals surface area contributed by atoms with Gasteiger partial charge in [-0.3, -0.25) is 9.59 Å². The van der Waals surface area contributed by atoms with Crippen LogP contribution >= 0.6 is 0 Å². The maximum Gasteiger partial charge on any atom is 0.407 e. The summed E-state index contributed by atoms with van der Waals surface area (Å²) < 4.78 is 5.66. The number of hydrogen-bond acceptors (Lipinski definition) is 4. The molecule has 2 aromatic rings. The van der Waals surface area contributed by atoms with E-state index in [2.05, 4.69) is 29.6 Å². The number of carbonyl (C=O) groups is 3. The Bertz CT molecular complexity index is 1040. The second-order valence-electron chi connectivity index (χ2n) is 9.91. The average Bonchev–Trinajstić information content (AvgIpc) is 3.17. The number of fused-ring (bicyclic) bond motifs is 3. The minimum absolute atomic E-state index is 0.0173. The van der Waals surface area contributed by atoms with Gasteiger partial charge in [0.1, 0.15) is 6.61 Å². The van der Waals surface area contributed by atoms with Crippen LogP contribution in [0.15, 0.2) is 48.5 Å². The quantitative estimate of drug-likeness (QED) is 0.568. The number of rotatable bonds is 8. The lowest BCUT2D eigenvalue weighted by Gasteiger charge is -2.37. The van der Waals surface area contributed by atoms with Gasteiger partial charge in [0.05, 0.1) is 5.41 Å². The van der Waals surface area contributed by atoms with Gasteiger partial charge in [-0.25, -0.2) is 4.79 Å². The molecule has 0 saturated carbocycles. The normalized spacial score (nSPS) is 17.3. The minimum Gasteiger partial charge on any atom is -0.481 e. The molecule has 1 aliphatic heterocycles. The zero-order valence-corrected chi connectivity index (χ0v) is 20.5. The number of carboxylic acids is 1. The van der Waals surface area contributed by atoms with Gasteiger partial charge >= 0.3 is 12.1 Å². The monoisotopic (exact) mass is 478 g/mol. The van der Waals surface area contributed by atoms with Gasteiger partial charge < -0.3 is 20.1 Å². The third-order valence-corrected chi connectivity index (χ3v) is 7.46. The van der Waals surface area contributed by atoms with E-state index in [4.69, 9.17) is 4.74 Å². The van der Waals surface area contributed by atoms with E-state index in [0.29, 0.717) is 32.4 Å².